The Morgan fingerprint density at radius 1 is 1.43 bits per heavy atom. The van der Waals surface area contributed by atoms with E-state index in [4.69, 9.17) is 9.73 Å². The summed E-state index contributed by atoms with van der Waals surface area (Å²) in [6.07, 6.45) is 0.988. The van der Waals surface area contributed by atoms with Crippen molar-refractivity contribution in [1.82, 2.24) is 25.0 Å². The Labute approximate surface area is 189 Å². The topological polar surface area (TPSA) is 67.6 Å². The molecule has 2 aromatic rings. The van der Waals surface area contributed by atoms with Crippen molar-refractivity contribution in [2.24, 2.45) is 4.99 Å². The summed E-state index contributed by atoms with van der Waals surface area (Å²) in [7, 11) is 3.75. The number of ether oxygens (including phenoxy) is 1. The van der Waals surface area contributed by atoms with Crippen LogP contribution in [0.2, 0.25) is 0 Å². The van der Waals surface area contributed by atoms with E-state index in [-0.39, 0.29) is 30.1 Å². The van der Waals surface area contributed by atoms with Gasteiger partial charge in [-0.05, 0) is 40.2 Å². The smallest absolute Gasteiger partial charge is 0.194 e. The van der Waals surface area contributed by atoms with Gasteiger partial charge in [-0.2, -0.15) is 5.10 Å². The average molecular weight is 520 g/mol. The summed E-state index contributed by atoms with van der Waals surface area (Å²) in [4.78, 5) is 11.5. The first-order valence-corrected chi connectivity index (χ1v) is 10.3. The monoisotopic (exact) mass is 520 g/mol. The zero-order chi connectivity index (χ0) is 19.8. The van der Waals surface area contributed by atoms with Crippen molar-refractivity contribution >= 4 is 41.3 Å². The number of nitrogens with zero attached hydrogens (tertiary/aromatic N) is 5. The SMILES string of the molecule is CCNC(=NCCCn1nc(C)cc1C)N(C)Cc1csc(C(C)OC)n1.I. The lowest BCUT2D eigenvalue weighted by molar-refractivity contribution is 0.119. The van der Waals surface area contributed by atoms with E-state index in [2.05, 4.69) is 50.3 Å². The van der Waals surface area contributed by atoms with Gasteiger partial charge in [0, 0.05) is 44.9 Å². The van der Waals surface area contributed by atoms with Gasteiger partial charge in [0.15, 0.2) is 5.96 Å². The Bertz CT molecular complexity index is 745. The molecule has 9 heteroatoms. The van der Waals surface area contributed by atoms with Crippen LogP contribution in [-0.2, 0) is 17.8 Å². The third kappa shape index (κ3) is 7.32. The number of aliphatic imine (C=N–C) groups is 1. The molecule has 0 saturated carbocycles. The fourth-order valence-corrected chi connectivity index (χ4v) is 3.62. The zero-order valence-corrected chi connectivity index (χ0v) is 20.9. The summed E-state index contributed by atoms with van der Waals surface area (Å²) in [6, 6.07) is 2.10. The van der Waals surface area contributed by atoms with Gasteiger partial charge in [0.05, 0.1) is 17.9 Å². The molecule has 1 unspecified atom stereocenters. The number of nitrogens with one attached hydrogen (secondary N) is 1. The van der Waals surface area contributed by atoms with Crippen LogP contribution in [-0.4, -0.2) is 52.9 Å². The highest BCUT2D eigenvalue weighted by Gasteiger charge is 2.12. The normalized spacial score (nSPS) is 12.6. The van der Waals surface area contributed by atoms with Crippen LogP contribution in [0.3, 0.4) is 0 Å². The minimum absolute atomic E-state index is 0. The molecular weight excluding hydrogens is 487 g/mol. The number of aromatic nitrogens is 3. The Hall–Kier alpha value is -1.20. The predicted octanol–water partition coefficient (Wildman–Crippen LogP) is 3.77. The minimum atomic E-state index is 0. The summed E-state index contributed by atoms with van der Waals surface area (Å²) in [6.45, 7) is 11.4. The zero-order valence-electron chi connectivity index (χ0n) is 17.7. The van der Waals surface area contributed by atoms with E-state index in [1.54, 1.807) is 18.4 Å². The van der Waals surface area contributed by atoms with Crippen molar-refractivity contribution in [3.05, 3.63) is 33.5 Å². The highest BCUT2D eigenvalue weighted by molar-refractivity contribution is 14.0. The van der Waals surface area contributed by atoms with Gasteiger partial charge in [-0.1, -0.05) is 0 Å². The maximum atomic E-state index is 5.34. The van der Waals surface area contributed by atoms with E-state index in [0.29, 0.717) is 0 Å². The number of guanidine groups is 1. The third-order valence-corrected chi connectivity index (χ3v) is 5.31. The van der Waals surface area contributed by atoms with Crippen LogP contribution in [0, 0.1) is 13.8 Å². The van der Waals surface area contributed by atoms with Gasteiger partial charge >= 0.3 is 0 Å². The molecule has 0 aliphatic rings. The quantitative estimate of drug-likeness (QED) is 0.236. The lowest BCUT2D eigenvalue weighted by Gasteiger charge is -2.21. The van der Waals surface area contributed by atoms with E-state index in [1.807, 2.05) is 20.9 Å². The molecule has 28 heavy (non-hydrogen) atoms. The van der Waals surface area contributed by atoms with Crippen molar-refractivity contribution in [2.75, 3.05) is 27.2 Å². The molecule has 2 rings (SSSR count). The van der Waals surface area contributed by atoms with Crippen molar-refractivity contribution in [3.63, 3.8) is 0 Å². The lowest BCUT2D eigenvalue weighted by atomic mass is 10.4. The van der Waals surface area contributed by atoms with Crippen LogP contribution >= 0.6 is 35.3 Å². The van der Waals surface area contributed by atoms with Crippen molar-refractivity contribution in [1.29, 1.82) is 0 Å². The molecule has 0 radical (unpaired) electrons. The number of hydrogen-bond acceptors (Lipinski definition) is 5. The van der Waals surface area contributed by atoms with Crippen molar-refractivity contribution in [3.8, 4) is 0 Å². The Kier molecular flexibility index (Phi) is 11.0. The van der Waals surface area contributed by atoms with Gasteiger partial charge in [-0.25, -0.2) is 4.98 Å². The van der Waals surface area contributed by atoms with Crippen LogP contribution < -0.4 is 5.32 Å². The van der Waals surface area contributed by atoms with Gasteiger partial charge in [0.2, 0.25) is 0 Å². The van der Waals surface area contributed by atoms with Crippen molar-refractivity contribution < 1.29 is 4.74 Å². The van der Waals surface area contributed by atoms with E-state index >= 15 is 0 Å². The van der Waals surface area contributed by atoms with Crippen LogP contribution in [0.25, 0.3) is 0 Å². The molecule has 0 fully saturated rings. The maximum absolute atomic E-state index is 5.34. The number of hydrogen-bond donors (Lipinski definition) is 1. The minimum Gasteiger partial charge on any atom is -0.375 e. The first-order chi connectivity index (χ1) is 12.9. The average Bonchev–Trinajstić information content (AvgIpc) is 3.22. The fraction of sp³-hybridized carbons (Fsp3) is 0.632. The molecule has 2 heterocycles. The fourth-order valence-electron chi connectivity index (χ4n) is 2.78. The van der Waals surface area contributed by atoms with Gasteiger partial charge < -0.3 is 15.0 Å². The Morgan fingerprint density at radius 3 is 2.79 bits per heavy atom. The second kappa shape index (κ2) is 12.4. The Morgan fingerprint density at radius 2 is 2.18 bits per heavy atom. The molecule has 1 atom stereocenters. The number of thiazole rings is 1. The second-order valence-corrected chi connectivity index (χ2v) is 7.54. The van der Waals surface area contributed by atoms with Crippen molar-refractivity contribution in [2.45, 2.75) is 53.3 Å². The molecule has 0 aliphatic heterocycles. The van der Waals surface area contributed by atoms with E-state index in [9.17, 15) is 0 Å². The van der Waals surface area contributed by atoms with Gasteiger partial charge in [0.1, 0.15) is 11.1 Å². The van der Waals surface area contributed by atoms with Crippen LogP contribution in [0.4, 0.5) is 0 Å². The van der Waals surface area contributed by atoms with E-state index in [1.165, 1.54) is 5.69 Å². The third-order valence-electron chi connectivity index (χ3n) is 4.26. The molecule has 0 spiro atoms. The molecule has 7 nitrogen and oxygen atoms in total. The maximum Gasteiger partial charge on any atom is 0.194 e. The molecule has 1 N–H and O–H groups in total. The largest absolute Gasteiger partial charge is 0.375 e. The number of methoxy groups -OCH3 is 1. The highest BCUT2D eigenvalue weighted by Crippen LogP contribution is 2.20. The molecular formula is C19H33IN6OS. The highest BCUT2D eigenvalue weighted by atomic mass is 127. The summed E-state index contributed by atoms with van der Waals surface area (Å²) in [5.41, 5.74) is 3.30. The molecule has 158 valence electrons. The first-order valence-electron chi connectivity index (χ1n) is 9.42. The number of rotatable bonds is 9. The number of halogens is 1. The second-order valence-electron chi connectivity index (χ2n) is 6.65. The molecule has 0 bridgehead atoms. The summed E-state index contributed by atoms with van der Waals surface area (Å²) >= 11 is 1.64. The van der Waals surface area contributed by atoms with Crippen LogP contribution in [0.1, 0.15) is 48.5 Å². The van der Waals surface area contributed by atoms with Crippen LogP contribution in [0.5, 0.6) is 0 Å². The summed E-state index contributed by atoms with van der Waals surface area (Å²) < 4.78 is 7.39. The van der Waals surface area contributed by atoms with E-state index < -0.39 is 0 Å². The first kappa shape index (κ1) is 24.8. The molecule has 0 aromatic carbocycles. The number of aryl methyl sites for hydroxylation is 3. The standard InChI is InChI=1S/C19H32N6OS.HI/c1-7-20-19(21-9-8-10-25-15(3)11-14(2)23-25)24(5)12-17-13-27-18(22-17)16(4)26-6;/h11,13,16H,7-10,12H2,1-6H3,(H,20,21);1H. The Balaban J connectivity index is 0.00000392. The van der Waals surface area contributed by atoms with Gasteiger partial charge in [-0.15, -0.1) is 35.3 Å². The van der Waals surface area contributed by atoms with Crippen LogP contribution in [0.15, 0.2) is 16.4 Å². The summed E-state index contributed by atoms with van der Waals surface area (Å²) in [5.74, 6) is 0.903. The summed E-state index contributed by atoms with van der Waals surface area (Å²) in [5, 5.41) is 11.0. The van der Waals surface area contributed by atoms with Gasteiger partial charge in [-0.3, -0.25) is 9.67 Å². The molecule has 0 amide bonds. The van der Waals surface area contributed by atoms with Gasteiger partial charge in [0.25, 0.3) is 0 Å². The lowest BCUT2D eigenvalue weighted by Crippen LogP contribution is -2.38. The predicted molar refractivity (Wildman–Crippen MR) is 127 cm³/mol. The molecule has 0 aliphatic carbocycles. The molecule has 0 saturated heterocycles. The molecule has 2 aromatic heterocycles. The van der Waals surface area contributed by atoms with E-state index in [0.717, 1.165) is 55.0 Å².